The minimum Gasteiger partial charge on any atom is -0.465 e. The molecule has 3 aromatic rings. The SMILES string of the molecule is COC(=O)c1cccc(Nc2ccc(C(=O)NCc3ccncc3)nc2)c1. The number of amides is 1. The number of methoxy groups -OCH3 is 1. The van der Waals surface area contributed by atoms with Crippen molar-refractivity contribution in [3.63, 3.8) is 0 Å². The first-order chi connectivity index (χ1) is 13.2. The second kappa shape index (κ2) is 8.57. The van der Waals surface area contributed by atoms with Gasteiger partial charge in [-0.05, 0) is 48.0 Å². The van der Waals surface area contributed by atoms with Gasteiger partial charge in [-0.15, -0.1) is 0 Å². The van der Waals surface area contributed by atoms with E-state index in [1.54, 1.807) is 48.9 Å². The van der Waals surface area contributed by atoms with Crippen LogP contribution in [-0.2, 0) is 11.3 Å². The third-order valence-electron chi connectivity index (χ3n) is 3.77. The van der Waals surface area contributed by atoms with Crippen LogP contribution in [0.1, 0.15) is 26.4 Å². The van der Waals surface area contributed by atoms with Gasteiger partial charge in [0.2, 0.25) is 0 Å². The van der Waals surface area contributed by atoms with Crippen molar-refractivity contribution in [2.75, 3.05) is 12.4 Å². The molecular formula is C20H18N4O3. The molecule has 0 atom stereocenters. The molecule has 0 fully saturated rings. The second-order valence-electron chi connectivity index (χ2n) is 5.67. The van der Waals surface area contributed by atoms with Gasteiger partial charge in [-0.1, -0.05) is 6.07 Å². The van der Waals surface area contributed by atoms with Crippen LogP contribution in [0.5, 0.6) is 0 Å². The summed E-state index contributed by atoms with van der Waals surface area (Å²) in [6.07, 6.45) is 4.91. The van der Waals surface area contributed by atoms with Gasteiger partial charge in [0.05, 0.1) is 24.6 Å². The summed E-state index contributed by atoms with van der Waals surface area (Å²) in [5.41, 5.74) is 3.14. The summed E-state index contributed by atoms with van der Waals surface area (Å²) in [7, 11) is 1.34. The summed E-state index contributed by atoms with van der Waals surface area (Å²) < 4.78 is 4.71. The van der Waals surface area contributed by atoms with Gasteiger partial charge in [-0.25, -0.2) is 9.78 Å². The Hall–Kier alpha value is -3.74. The molecule has 0 aliphatic carbocycles. The maximum absolute atomic E-state index is 12.2. The molecule has 136 valence electrons. The van der Waals surface area contributed by atoms with Crippen LogP contribution in [0.3, 0.4) is 0 Å². The van der Waals surface area contributed by atoms with E-state index in [2.05, 4.69) is 20.6 Å². The van der Waals surface area contributed by atoms with E-state index < -0.39 is 5.97 Å². The maximum atomic E-state index is 12.2. The molecule has 3 rings (SSSR count). The summed E-state index contributed by atoms with van der Waals surface area (Å²) in [6.45, 7) is 0.406. The van der Waals surface area contributed by atoms with Crippen LogP contribution in [0.2, 0.25) is 0 Å². The zero-order valence-electron chi connectivity index (χ0n) is 14.7. The molecule has 0 unspecified atom stereocenters. The Morgan fingerprint density at radius 2 is 1.85 bits per heavy atom. The molecule has 0 saturated heterocycles. The Bertz CT molecular complexity index is 927. The molecule has 1 aromatic carbocycles. The average molecular weight is 362 g/mol. The number of benzene rings is 1. The lowest BCUT2D eigenvalue weighted by atomic mass is 10.2. The van der Waals surface area contributed by atoms with E-state index >= 15 is 0 Å². The van der Waals surface area contributed by atoms with Crippen molar-refractivity contribution in [3.05, 3.63) is 83.9 Å². The average Bonchev–Trinajstić information content (AvgIpc) is 2.73. The number of pyridine rings is 2. The van der Waals surface area contributed by atoms with E-state index in [1.807, 2.05) is 18.2 Å². The van der Waals surface area contributed by atoms with Gasteiger partial charge in [0.15, 0.2) is 0 Å². The van der Waals surface area contributed by atoms with E-state index in [0.717, 1.165) is 11.3 Å². The van der Waals surface area contributed by atoms with Crippen molar-refractivity contribution in [1.82, 2.24) is 15.3 Å². The lowest BCUT2D eigenvalue weighted by Gasteiger charge is -2.09. The van der Waals surface area contributed by atoms with Crippen LogP contribution < -0.4 is 10.6 Å². The molecule has 2 N–H and O–H groups in total. The number of nitrogens with one attached hydrogen (secondary N) is 2. The predicted octanol–water partition coefficient (Wildman–Crippen LogP) is 2.94. The zero-order valence-corrected chi connectivity index (χ0v) is 14.7. The van der Waals surface area contributed by atoms with E-state index in [1.165, 1.54) is 7.11 Å². The van der Waals surface area contributed by atoms with Crippen LogP contribution >= 0.6 is 0 Å². The summed E-state index contributed by atoms with van der Waals surface area (Å²) in [5.74, 6) is -0.663. The number of carbonyl (C=O) groups excluding carboxylic acids is 2. The fraction of sp³-hybridized carbons (Fsp3) is 0.100. The first kappa shape index (κ1) is 18.1. The molecule has 0 aliphatic rings. The monoisotopic (exact) mass is 362 g/mol. The summed E-state index contributed by atoms with van der Waals surface area (Å²) in [6, 6.07) is 14.0. The highest BCUT2D eigenvalue weighted by atomic mass is 16.5. The number of rotatable bonds is 6. The van der Waals surface area contributed by atoms with Gasteiger partial charge >= 0.3 is 5.97 Å². The van der Waals surface area contributed by atoms with Gasteiger partial charge in [0.1, 0.15) is 5.69 Å². The van der Waals surface area contributed by atoms with Crippen molar-refractivity contribution in [3.8, 4) is 0 Å². The van der Waals surface area contributed by atoms with Crippen LogP contribution in [0.15, 0.2) is 67.1 Å². The third-order valence-corrected chi connectivity index (χ3v) is 3.77. The molecule has 2 aromatic heterocycles. The molecule has 0 aliphatic heterocycles. The topological polar surface area (TPSA) is 93.2 Å². The largest absolute Gasteiger partial charge is 0.465 e. The van der Waals surface area contributed by atoms with E-state index in [-0.39, 0.29) is 5.91 Å². The highest BCUT2D eigenvalue weighted by Crippen LogP contribution is 2.17. The van der Waals surface area contributed by atoms with Crippen LogP contribution in [0, 0.1) is 0 Å². The molecule has 1 amide bonds. The first-order valence-corrected chi connectivity index (χ1v) is 8.24. The second-order valence-corrected chi connectivity index (χ2v) is 5.67. The predicted molar refractivity (Wildman–Crippen MR) is 101 cm³/mol. The van der Waals surface area contributed by atoms with E-state index in [0.29, 0.717) is 23.5 Å². The van der Waals surface area contributed by atoms with Crippen LogP contribution in [-0.4, -0.2) is 29.0 Å². The van der Waals surface area contributed by atoms with Crippen molar-refractivity contribution in [1.29, 1.82) is 0 Å². The first-order valence-electron chi connectivity index (χ1n) is 8.24. The number of esters is 1. The molecule has 7 heteroatoms. The Balaban J connectivity index is 1.61. The van der Waals surface area contributed by atoms with Gasteiger partial charge < -0.3 is 15.4 Å². The number of ether oxygens (including phenoxy) is 1. The number of carbonyl (C=O) groups is 2. The van der Waals surface area contributed by atoms with Gasteiger partial charge in [0.25, 0.3) is 5.91 Å². The van der Waals surface area contributed by atoms with Gasteiger partial charge in [0, 0.05) is 24.6 Å². The van der Waals surface area contributed by atoms with Crippen molar-refractivity contribution in [2.45, 2.75) is 6.54 Å². The maximum Gasteiger partial charge on any atom is 0.337 e. The van der Waals surface area contributed by atoms with Gasteiger partial charge in [-0.2, -0.15) is 0 Å². The highest BCUT2D eigenvalue weighted by Gasteiger charge is 2.08. The Morgan fingerprint density at radius 3 is 2.56 bits per heavy atom. The van der Waals surface area contributed by atoms with Crippen LogP contribution in [0.4, 0.5) is 11.4 Å². The van der Waals surface area contributed by atoms with Crippen molar-refractivity contribution >= 4 is 23.3 Å². The molecule has 0 spiro atoms. The normalized spacial score (nSPS) is 10.1. The summed E-state index contributed by atoms with van der Waals surface area (Å²) >= 11 is 0. The fourth-order valence-corrected chi connectivity index (χ4v) is 2.38. The lowest BCUT2D eigenvalue weighted by Crippen LogP contribution is -2.23. The molecular weight excluding hydrogens is 344 g/mol. The minimum absolute atomic E-state index is 0.258. The number of hydrogen-bond donors (Lipinski definition) is 2. The third kappa shape index (κ3) is 4.88. The lowest BCUT2D eigenvalue weighted by molar-refractivity contribution is 0.0600. The Morgan fingerprint density at radius 1 is 1.04 bits per heavy atom. The van der Waals surface area contributed by atoms with Gasteiger partial charge in [-0.3, -0.25) is 9.78 Å². The summed E-state index contributed by atoms with van der Waals surface area (Å²) in [5, 5.41) is 5.95. The summed E-state index contributed by atoms with van der Waals surface area (Å²) in [4.78, 5) is 31.9. The fourth-order valence-electron chi connectivity index (χ4n) is 2.38. The van der Waals surface area contributed by atoms with E-state index in [4.69, 9.17) is 4.74 Å². The molecule has 27 heavy (non-hydrogen) atoms. The Labute approximate surface area is 156 Å². The standard InChI is InChI=1S/C20H18N4O3/c1-27-20(26)15-3-2-4-16(11-15)24-17-5-6-18(22-13-17)19(25)23-12-14-7-9-21-10-8-14/h2-11,13,24H,12H2,1H3,(H,23,25). The molecule has 7 nitrogen and oxygen atoms in total. The number of anilines is 2. The molecule has 0 saturated carbocycles. The van der Waals surface area contributed by atoms with Crippen molar-refractivity contribution < 1.29 is 14.3 Å². The Kier molecular flexibility index (Phi) is 5.73. The smallest absolute Gasteiger partial charge is 0.337 e. The highest BCUT2D eigenvalue weighted by molar-refractivity contribution is 5.92. The number of nitrogens with zero attached hydrogens (tertiary/aromatic N) is 2. The quantitative estimate of drug-likeness (QED) is 0.655. The number of aromatic nitrogens is 2. The minimum atomic E-state index is -0.405. The molecule has 0 radical (unpaired) electrons. The zero-order chi connectivity index (χ0) is 19.1. The van der Waals surface area contributed by atoms with Crippen molar-refractivity contribution in [2.24, 2.45) is 0 Å². The molecule has 0 bridgehead atoms. The van der Waals surface area contributed by atoms with E-state index in [9.17, 15) is 9.59 Å². The molecule has 2 heterocycles. The number of hydrogen-bond acceptors (Lipinski definition) is 6. The van der Waals surface area contributed by atoms with Crippen LogP contribution in [0.25, 0.3) is 0 Å².